The molecule has 0 saturated carbocycles. The van der Waals surface area contributed by atoms with Gasteiger partial charge in [0.15, 0.2) is 0 Å². The van der Waals surface area contributed by atoms with Gasteiger partial charge in [-0.25, -0.2) is 4.98 Å². The minimum absolute atomic E-state index is 0.0825. The number of anilines is 1. The minimum Gasteiger partial charge on any atom is -0.480 e. The van der Waals surface area contributed by atoms with E-state index < -0.39 is 12.0 Å². The first-order valence-corrected chi connectivity index (χ1v) is 9.38. The van der Waals surface area contributed by atoms with Gasteiger partial charge in [-0.2, -0.15) is 0 Å². The molecule has 1 aliphatic rings. The number of carboxylic acids is 1. The van der Waals surface area contributed by atoms with E-state index >= 15 is 0 Å². The molecule has 3 rings (SSSR count). The lowest BCUT2D eigenvalue weighted by Gasteiger charge is -2.20. The molecular formula is C17H21N3O2S2. The van der Waals surface area contributed by atoms with Gasteiger partial charge in [0.1, 0.15) is 16.4 Å². The number of rotatable bonds is 4. The summed E-state index contributed by atoms with van der Waals surface area (Å²) < 4.78 is -0.365. The largest absolute Gasteiger partial charge is 0.480 e. The molecule has 2 unspecified atom stereocenters. The van der Waals surface area contributed by atoms with Gasteiger partial charge >= 0.3 is 5.97 Å². The number of aliphatic carboxylic acids is 1. The molecule has 5 nitrogen and oxygen atoms in total. The Morgan fingerprint density at radius 3 is 2.50 bits per heavy atom. The van der Waals surface area contributed by atoms with Crippen LogP contribution >= 0.6 is 23.1 Å². The zero-order chi connectivity index (χ0) is 17.5. The highest BCUT2D eigenvalue weighted by Gasteiger charge is 2.46. The second-order valence-corrected chi connectivity index (χ2v) is 9.36. The summed E-state index contributed by atoms with van der Waals surface area (Å²) in [5.41, 5.74) is 2.28. The first-order chi connectivity index (χ1) is 11.3. The fourth-order valence-electron chi connectivity index (χ4n) is 2.71. The quantitative estimate of drug-likeness (QED) is 0.867. The minimum atomic E-state index is -0.814. The standard InChI is InChI=1S/C17H21N3O2S2/c1-17(2)13(16(21)22)19-15(24-17)14-18-9-12(23-14)10-5-7-11(8-6-10)20(3)4/h5-9,13,15,19H,1-4H3,(H,21,22). The molecule has 128 valence electrons. The first-order valence-electron chi connectivity index (χ1n) is 7.68. The third kappa shape index (κ3) is 3.29. The molecule has 2 heterocycles. The SMILES string of the molecule is CN(C)c1ccc(-c2cnc(C3NC(C(=O)O)C(C)(C)S3)s2)cc1. The summed E-state index contributed by atoms with van der Waals surface area (Å²) in [4.78, 5) is 19.1. The van der Waals surface area contributed by atoms with Crippen LogP contribution in [-0.2, 0) is 4.79 Å². The van der Waals surface area contributed by atoms with Crippen LogP contribution in [0.5, 0.6) is 0 Å². The molecule has 24 heavy (non-hydrogen) atoms. The van der Waals surface area contributed by atoms with Gasteiger partial charge in [0.05, 0.1) is 4.88 Å². The second-order valence-electron chi connectivity index (χ2n) is 6.54. The maximum Gasteiger partial charge on any atom is 0.322 e. The number of nitrogens with zero attached hydrogens (tertiary/aromatic N) is 2. The van der Waals surface area contributed by atoms with Crippen molar-refractivity contribution in [3.8, 4) is 10.4 Å². The Morgan fingerprint density at radius 2 is 1.96 bits per heavy atom. The van der Waals surface area contributed by atoms with Crippen LogP contribution in [0.4, 0.5) is 5.69 Å². The number of nitrogens with one attached hydrogen (secondary N) is 1. The third-order valence-electron chi connectivity index (χ3n) is 4.10. The van der Waals surface area contributed by atoms with Crippen molar-refractivity contribution in [3.05, 3.63) is 35.5 Å². The summed E-state index contributed by atoms with van der Waals surface area (Å²) >= 11 is 3.23. The normalized spacial score (nSPS) is 22.5. The second kappa shape index (κ2) is 6.38. The maximum atomic E-state index is 11.4. The molecule has 0 radical (unpaired) electrons. The van der Waals surface area contributed by atoms with Gasteiger partial charge in [-0.3, -0.25) is 10.1 Å². The summed E-state index contributed by atoms with van der Waals surface area (Å²) in [5, 5.41) is 13.4. The van der Waals surface area contributed by atoms with Crippen LogP contribution in [0.3, 0.4) is 0 Å². The van der Waals surface area contributed by atoms with Gasteiger partial charge in [-0.15, -0.1) is 23.1 Å². The molecule has 2 N–H and O–H groups in total. The lowest BCUT2D eigenvalue weighted by Crippen LogP contribution is -2.43. The number of thioether (sulfide) groups is 1. The van der Waals surface area contributed by atoms with Gasteiger partial charge in [-0.1, -0.05) is 12.1 Å². The van der Waals surface area contributed by atoms with Crippen LogP contribution in [0, 0.1) is 0 Å². The lowest BCUT2D eigenvalue weighted by atomic mass is 10.0. The van der Waals surface area contributed by atoms with Crippen molar-refractivity contribution in [2.45, 2.75) is 30.0 Å². The van der Waals surface area contributed by atoms with Crippen LogP contribution in [-0.4, -0.2) is 40.9 Å². The highest BCUT2D eigenvalue weighted by Crippen LogP contribution is 2.47. The molecule has 1 aromatic heterocycles. The van der Waals surface area contributed by atoms with E-state index in [4.69, 9.17) is 0 Å². The van der Waals surface area contributed by atoms with Crippen LogP contribution in [0.15, 0.2) is 30.5 Å². The predicted octanol–water partition coefficient (Wildman–Crippen LogP) is 3.44. The zero-order valence-corrected chi connectivity index (χ0v) is 15.7. The van der Waals surface area contributed by atoms with Crippen molar-refractivity contribution in [2.24, 2.45) is 0 Å². The number of hydrogen-bond acceptors (Lipinski definition) is 6. The number of carbonyl (C=O) groups is 1. The maximum absolute atomic E-state index is 11.4. The number of benzene rings is 1. The molecule has 7 heteroatoms. The van der Waals surface area contributed by atoms with Gasteiger partial charge in [0.25, 0.3) is 0 Å². The Bertz CT molecular complexity index is 741. The number of aromatic nitrogens is 1. The first kappa shape index (κ1) is 17.3. The van der Waals surface area contributed by atoms with E-state index in [-0.39, 0.29) is 10.1 Å². The number of thiazole rings is 1. The summed E-state index contributed by atoms with van der Waals surface area (Å²) in [6, 6.07) is 7.78. The van der Waals surface area contributed by atoms with Crippen molar-refractivity contribution < 1.29 is 9.90 Å². The zero-order valence-electron chi connectivity index (χ0n) is 14.1. The van der Waals surface area contributed by atoms with E-state index in [0.29, 0.717) is 0 Å². The van der Waals surface area contributed by atoms with E-state index in [1.54, 1.807) is 23.1 Å². The molecule has 1 aromatic carbocycles. The Labute approximate surface area is 150 Å². The van der Waals surface area contributed by atoms with Crippen LogP contribution < -0.4 is 10.2 Å². The van der Waals surface area contributed by atoms with Crippen molar-refractivity contribution in [1.82, 2.24) is 10.3 Å². The van der Waals surface area contributed by atoms with E-state index in [1.165, 1.54) is 0 Å². The van der Waals surface area contributed by atoms with Gasteiger partial charge < -0.3 is 10.0 Å². The molecule has 1 saturated heterocycles. The lowest BCUT2D eigenvalue weighted by molar-refractivity contribution is -0.139. The third-order valence-corrected chi connectivity index (χ3v) is 6.80. The Morgan fingerprint density at radius 1 is 1.29 bits per heavy atom. The van der Waals surface area contributed by atoms with Crippen LogP contribution in [0.25, 0.3) is 10.4 Å². The molecule has 2 atom stereocenters. The summed E-state index contributed by atoms with van der Waals surface area (Å²) in [7, 11) is 4.03. The Balaban J connectivity index is 1.80. The van der Waals surface area contributed by atoms with Crippen LogP contribution in [0.2, 0.25) is 0 Å². The smallest absolute Gasteiger partial charge is 0.322 e. The van der Waals surface area contributed by atoms with Crippen LogP contribution in [0.1, 0.15) is 24.2 Å². The molecule has 0 spiro atoms. The van der Waals surface area contributed by atoms with Crippen molar-refractivity contribution in [2.75, 3.05) is 19.0 Å². The topological polar surface area (TPSA) is 65.5 Å². The van der Waals surface area contributed by atoms with Crippen molar-refractivity contribution in [1.29, 1.82) is 0 Å². The number of carboxylic acid groups (broad SMARTS) is 1. The van der Waals surface area contributed by atoms with E-state index in [0.717, 1.165) is 21.1 Å². The molecular weight excluding hydrogens is 342 g/mol. The highest BCUT2D eigenvalue weighted by atomic mass is 32.2. The molecule has 1 fully saturated rings. The van der Waals surface area contributed by atoms with Gasteiger partial charge in [0.2, 0.25) is 0 Å². The summed E-state index contributed by atoms with van der Waals surface area (Å²) in [6.07, 6.45) is 1.87. The number of hydrogen-bond donors (Lipinski definition) is 2. The summed E-state index contributed by atoms with van der Waals surface area (Å²) in [5.74, 6) is -0.814. The van der Waals surface area contributed by atoms with Gasteiger partial charge in [-0.05, 0) is 31.5 Å². The Hall–Kier alpha value is -1.57. The summed E-state index contributed by atoms with van der Waals surface area (Å²) in [6.45, 7) is 3.91. The fraction of sp³-hybridized carbons (Fsp3) is 0.412. The predicted molar refractivity (Wildman–Crippen MR) is 101 cm³/mol. The molecule has 0 aliphatic carbocycles. The Kier molecular flexibility index (Phi) is 4.59. The average Bonchev–Trinajstić information content (AvgIpc) is 3.11. The molecule has 0 amide bonds. The van der Waals surface area contributed by atoms with E-state index in [2.05, 4.69) is 39.5 Å². The highest BCUT2D eigenvalue weighted by molar-refractivity contribution is 8.01. The fourth-order valence-corrected chi connectivity index (χ4v) is 5.15. The molecule has 2 aromatic rings. The van der Waals surface area contributed by atoms with Crippen molar-refractivity contribution >= 4 is 34.8 Å². The monoisotopic (exact) mass is 363 g/mol. The van der Waals surface area contributed by atoms with E-state index in [9.17, 15) is 9.90 Å². The average molecular weight is 364 g/mol. The molecule has 1 aliphatic heterocycles. The molecule has 0 bridgehead atoms. The van der Waals surface area contributed by atoms with Crippen molar-refractivity contribution in [3.63, 3.8) is 0 Å². The van der Waals surface area contributed by atoms with Gasteiger partial charge in [0, 0.05) is 30.7 Å². The van der Waals surface area contributed by atoms with E-state index in [1.807, 2.05) is 34.1 Å².